The highest BCUT2D eigenvalue weighted by molar-refractivity contribution is 5.71. The standard InChI is InChI=1S/C73H124O6/c1-4-7-10-13-16-19-22-24-26-27-28-29-30-31-32-33-34-35-36-37-38-39-40-41-42-43-44-45-47-48-51-54-57-60-63-66-72(75)78-69-70(68-77-71(74)65-62-59-56-53-50-21-18-15-12-9-6-3)79-73(76)67-64-61-58-55-52-49-46-25-23-20-17-14-11-8-5-2/h7,10,15-16,18-19,24,26,28-29,31-32,34-35,37-38,40-41,70H,4-6,8-9,11-14,17,20-23,25,27,30,33,36,39,42-69H2,1-3H3/b10-7-,18-15-,19-16-,26-24-,29-28-,32-31-,35-34-,38-37-,41-40-. The monoisotopic (exact) mass is 1100 g/mol. The Labute approximate surface area is 489 Å². The summed E-state index contributed by atoms with van der Waals surface area (Å²) < 4.78 is 16.9. The van der Waals surface area contributed by atoms with Crippen LogP contribution in [0.15, 0.2) is 109 Å². The van der Waals surface area contributed by atoms with Gasteiger partial charge in [-0.15, -0.1) is 0 Å². The van der Waals surface area contributed by atoms with Crippen molar-refractivity contribution in [2.45, 2.75) is 322 Å². The summed E-state index contributed by atoms with van der Waals surface area (Å²) in [5.74, 6) is -0.883. The van der Waals surface area contributed by atoms with Gasteiger partial charge in [0.1, 0.15) is 13.2 Å². The van der Waals surface area contributed by atoms with Crippen molar-refractivity contribution in [2.24, 2.45) is 0 Å². The molecule has 0 fully saturated rings. The zero-order chi connectivity index (χ0) is 57.1. The second-order valence-electron chi connectivity index (χ2n) is 22.0. The van der Waals surface area contributed by atoms with Crippen LogP contribution in [0.3, 0.4) is 0 Å². The minimum Gasteiger partial charge on any atom is -0.462 e. The van der Waals surface area contributed by atoms with Gasteiger partial charge in [-0.1, -0.05) is 304 Å². The number of ether oxygens (including phenoxy) is 3. The molecule has 0 saturated carbocycles. The van der Waals surface area contributed by atoms with Gasteiger partial charge >= 0.3 is 17.9 Å². The second-order valence-corrected chi connectivity index (χ2v) is 22.0. The number of allylic oxidation sites excluding steroid dienone is 18. The van der Waals surface area contributed by atoms with Crippen LogP contribution >= 0.6 is 0 Å². The molecule has 0 rings (SSSR count). The number of esters is 3. The van der Waals surface area contributed by atoms with Crippen LogP contribution in [0, 0.1) is 0 Å². The Morgan fingerprint density at radius 2 is 0.506 bits per heavy atom. The number of carbonyl (C=O) groups excluding carboxylic acids is 3. The van der Waals surface area contributed by atoms with Gasteiger partial charge in [0.25, 0.3) is 0 Å². The van der Waals surface area contributed by atoms with Crippen molar-refractivity contribution < 1.29 is 28.6 Å². The van der Waals surface area contributed by atoms with E-state index in [4.69, 9.17) is 14.2 Å². The molecule has 452 valence electrons. The van der Waals surface area contributed by atoms with E-state index >= 15 is 0 Å². The van der Waals surface area contributed by atoms with Crippen molar-refractivity contribution in [3.63, 3.8) is 0 Å². The van der Waals surface area contributed by atoms with Gasteiger partial charge in [0.2, 0.25) is 0 Å². The van der Waals surface area contributed by atoms with Crippen LogP contribution in [0.5, 0.6) is 0 Å². The van der Waals surface area contributed by atoms with Gasteiger partial charge in [-0.25, -0.2) is 0 Å². The topological polar surface area (TPSA) is 78.9 Å². The number of unbranched alkanes of at least 4 members (excludes halogenated alkanes) is 31. The molecular weight excluding hydrogens is 973 g/mol. The minimum absolute atomic E-state index is 0.0798. The average Bonchev–Trinajstić information content (AvgIpc) is 3.45. The average molecular weight is 1100 g/mol. The molecule has 0 radical (unpaired) electrons. The van der Waals surface area contributed by atoms with Crippen LogP contribution in [-0.4, -0.2) is 37.2 Å². The van der Waals surface area contributed by atoms with Crippen LogP contribution in [0.2, 0.25) is 0 Å². The fraction of sp³-hybridized carbons (Fsp3) is 0.712. The summed E-state index contributed by atoms with van der Waals surface area (Å²) in [5, 5.41) is 0. The van der Waals surface area contributed by atoms with E-state index in [1.165, 1.54) is 161 Å². The molecule has 0 bridgehead atoms. The first-order chi connectivity index (χ1) is 39.0. The van der Waals surface area contributed by atoms with Crippen LogP contribution in [0.4, 0.5) is 0 Å². The van der Waals surface area contributed by atoms with E-state index in [-0.39, 0.29) is 31.1 Å². The van der Waals surface area contributed by atoms with Crippen molar-refractivity contribution >= 4 is 17.9 Å². The lowest BCUT2D eigenvalue weighted by atomic mass is 10.0. The molecule has 0 aliphatic carbocycles. The van der Waals surface area contributed by atoms with Gasteiger partial charge in [0.05, 0.1) is 0 Å². The van der Waals surface area contributed by atoms with Gasteiger partial charge in [-0.05, 0) is 103 Å². The first-order valence-corrected chi connectivity index (χ1v) is 33.4. The summed E-state index contributed by atoms with van der Waals surface area (Å²) >= 11 is 0. The maximum atomic E-state index is 12.9. The largest absolute Gasteiger partial charge is 0.462 e. The lowest BCUT2D eigenvalue weighted by molar-refractivity contribution is -0.167. The molecular formula is C73H124O6. The first-order valence-electron chi connectivity index (χ1n) is 33.4. The molecule has 0 N–H and O–H groups in total. The zero-order valence-corrected chi connectivity index (χ0v) is 51.9. The van der Waals surface area contributed by atoms with E-state index in [0.717, 1.165) is 116 Å². The van der Waals surface area contributed by atoms with Gasteiger partial charge in [0, 0.05) is 19.3 Å². The molecule has 0 aromatic carbocycles. The van der Waals surface area contributed by atoms with E-state index in [1.807, 2.05) is 0 Å². The summed E-state index contributed by atoms with van der Waals surface area (Å²) in [6.07, 6.45) is 91.1. The summed E-state index contributed by atoms with van der Waals surface area (Å²) in [6.45, 7) is 6.50. The Morgan fingerprint density at radius 1 is 0.266 bits per heavy atom. The highest BCUT2D eigenvalue weighted by Gasteiger charge is 2.19. The van der Waals surface area contributed by atoms with E-state index in [1.54, 1.807) is 0 Å². The van der Waals surface area contributed by atoms with Gasteiger partial charge in [0.15, 0.2) is 6.10 Å². The van der Waals surface area contributed by atoms with E-state index in [0.29, 0.717) is 19.3 Å². The zero-order valence-electron chi connectivity index (χ0n) is 51.9. The highest BCUT2D eigenvalue weighted by atomic mass is 16.6. The predicted molar refractivity (Wildman–Crippen MR) is 343 cm³/mol. The molecule has 6 heteroatoms. The number of rotatable bonds is 60. The maximum absolute atomic E-state index is 12.9. The second kappa shape index (κ2) is 66.6. The quantitative estimate of drug-likeness (QED) is 0.0261. The van der Waals surface area contributed by atoms with Gasteiger partial charge in [-0.3, -0.25) is 14.4 Å². The van der Waals surface area contributed by atoms with Gasteiger partial charge in [-0.2, -0.15) is 0 Å². The summed E-state index contributed by atoms with van der Waals surface area (Å²) in [5.41, 5.74) is 0. The third-order valence-corrected chi connectivity index (χ3v) is 14.3. The SMILES string of the molecule is CC/C=C\C/C=C\C/C=C\C/C=C\C/C=C\C/C=C\C/C=C\C/C=C\CCCCCCCCCCCCC(=O)OCC(COC(=O)CCCCCCC/C=C\CCCC)OC(=O)CCCCCCCCCCCCCCCCC. The highest BCUT2D eigenvalue weighted by Crippen LogP contribution is 2.16. The van der Waals surface area contributed by atoms with Crippen LogP contribution in [0.25, 0.3) is 0 Å². The fourth-order valence-electron chi connectivity index (χ4n) is 9.26. The van der Waals surface area contributed by atoms with Gasteiger partial charge < -0.3 is 14.2 Å². The van der Waals surface area contributed by atoms with Crippen molar-refractivity contribution in [2.75, 3.05) is 13.2 Å². The van der Waals surface area contributed by atoms with Crippen molar-refractivity contribution in [3.8, 4) is 0 Å². The molecule has 0 aliphatic rings. The smallest absolute Gasteiger partial charge is 0.306 e. The van der Waals surface area contributed by atoms with Crippen LogP contribution in [0.1, 0.15) is 316 Å². The lowest BCUT2D eigenvalue weighted by Gasteiger charge is -2.18. The van der Waals surface area contributed by atoms with Crippen LogP contribution < -0.4 is 0 Å². The molecule has 0 saturated heterocycles. The molecule has 0 aromatic heterocycles. The molecule has 0 spiro atoms. The minimum atomic E-state index is -0.781. The normalized spacial score (nSPS) is 12.8. The Bertz CT molecular complexity index is 1590. The summed E-state index contributed by atoms with van der Waals surface area (Å²) in [6, 6.07) is 0. The molecule has 1 unspecified atom stereocenters. The number of hydrogen-bond donors (Lipinski definition) is 0. The predicted octanol–water partition coefficient (Wildman–Crippen LogP) is 23.0. The Kier molecular flexibility index (Phi) is 63.3. The Balaban J connectivity index is 4.17. The lowest BCUT2D eigenvalue weighted by Crippen LogP contribution is -2.30. The summed E-state index contributed by atoms with van der Waals surface area (Å²) in [4.78, 5) is 38.2. The van der Waals surface area contributed by atoms with E-state index < -0.39 is 6.10 Å². The molecule has 79 heavy (non-hydrogen) atoms. The molecule has 1 atom stereocenters. The van der Waals surface area contributed by atoms with Crippen molar-refractivity contribution in [1.29, 1.82) is 0 Å². The number of hydrogen-bond acceptors (Lipinski definition) is 6. The molecule has 0 aromatic rings. The first kappa shape index (κ1) is 75.1. The van der Waals surface area contributed by atoms with Crippen molar-refractivity contribution in [1.82, 2.24) is 0 Å². The molecule has 0 amide bonds. The van der Waals surface area contributed by atoms with Crippen molar-refractivity contribution in [3.05, 3.63) is 109 Å². The van der Waals surface area contributed by atoms with E-state index in [2.05, 4.69) is 130 Å². The van der Waals surface area contributed by atoms with Crippen LogP contribution in [-0.2, 0) is 28.6 Å². The Morgan fingerprint density at radius 3 is 0.823 bits per heavy atom. The maximum Gasteiger partial charge on any atom is 0.306 e. The summed E-state index contributed by atoms with van der Waals surface area (Å²) in [7, 11) is 0. The Hall–Kier alpha value is -3.93. The third-order valence-electron chi connectivity index (χ3n) is 14.3. The third kappa shape index (κ3) is 64.8. The molecule has 6 nitrogen and oxygen atoms in total. The molecule has 0 heterocycles. The fourth-order valence-corrected chi connectivity index (χ4v) is 9.26. The number of carbonyl (C=O) groups is 3. The molecule has 0 aliphatic heterocycles. The van der Waals surface area contributed by atoms with E-state index in [9.17, 15) is 14.4 Å².